The smallest absolute Gasteiger partial charge is 0.231 e. The third-order valence-corrected chi connectivity index (χ3v) is 2.96. The van der Waals surface area contributed by atoms with Gasteiger partial charge in [0.15, 0.2) is 11.5 Å². The molecule has 7 heteroatoms. The summed E-state index contributed by atoms with van der Waals surface area (Å²) in [5.41, 5.74) is 1.05. The highest BCUT2D eigenvalue weighted by Gasteiger charge is 2.13. The number of ether oxygens (including phenoxy) is 2. The molecule has 0 saturated carbocycles. The predicted octanol–water partition coefficient (Wildman–Crippen LogP) is 1.22. The third kappa shape index (κ3) is 3.32. The van der Waals surface area contributed by atoms with E-state index in [0.29, 0.717) is 24.9 Å². The van der Waals surface area contributed by atoms with Gasteiger partial charge in [0.1, 0.15) is 5.82 Å². The quantitative estimate of drug-likeness (QED) is 0.736. The second-order valence-electron chi connectivity index (χ2n) is 4.46. The molecule has 2 aromatic rings. The average molecular weight is 288 g/mol. The number of aliphatic hydroxyl groups is 1. The number of aliphatic hydroxyl groups excluding tert-OH is 1. The summed E-state index contributed by atoms with van der Waals surface area (Å²) in [5.74, 6) is 2.72. The van der Waals surface area contributed by atoms with Gasteiger partial charge in [-0.25, -0.2) is 4.98 Å². The summed E-state index contributed by atoms with van der Waals surface area (Å²) in [4.78, 5) is 8.45. The van der Waals surface area contributed by atoms with Crippen LogP contribution < -0.4 is 20.1 Å². The van der Waals surface area contributed by atoms with Crippen LogP contribution in [0.15, 0.2) is 30.5 Å². The van der Waals surface area contributed by atoms with E-state index in [0.717, 1.165) is 17.1 Å². The Bertz CT molecular complexity index is 621. The first kappa shape index (κ1) is 13.4. The third-order valence-electron chi connectivity index (χ3n) is 2.96. The lowest BCUT2D eigenvalue weighted by atomic mass is 10.2. The summed E-state index contributed by atoms with van der Waals surface area (Å²) in [6.07, 6.45) is 1.66. The lowest BCUT2D eigenvalue weighted by Gasteiger charge is -2.08. The van der Waals surface area contributed by atoms with Gasteiger partial charge in [-0.1, -0.05) is 6.07 Å². The van der Waals surface area contributed by atoms with E-state index in [2.05, 4.69) is 20.6 Å². The topological polar surface area (TPSA) is 88.5 Å². The number of hydrogen-bond donors (Lipinski definition) is 3. The fourth-order valence-corrected chi connectivity index (χ4v) is 1.96. The summed E-state index contributed by atoms with van der Waals surface area (Å²) >= 11 is 0. The van der Waals surface area contributed by atoms with E-state index < -0.39 is 0 Å². The van der Waals surface area contributed by atoms with Gasteiger partial charge >= 0.3 is 0 Å². The number of anilines is 2. The van der Waals surface area contributed by atoms with E-state index in [-0.39, 0.29) is 13.4 Å². The van der Waals surface area contributed by atoms with Gasteiger partial charge in [0.2, 0.25) is 12.7 Å². The number of aromatic nitrogens is 2. The van der Waals surface area contributed by atoms with Crippen molar-refractivity contribution in [3.8, 4) is 11.5 Å². The van der Waals surface area contributed by atoms with Gasteiger partial charge in [0, 0.05) is 19.3 Å². The zero-order valence-corrected chi connectivity index (χ0v) is 11.4. The average Bonchev–Trinajstić information content (AvgIpc) is 2.99. The fourth-order valence-electron chi connectivity index (χ4n) is 1.96. The molecule has 0 atom stereocenters. The Morgan fingerprint density at radius 2 is 2.05 bits per heavy atom. The van der Waals surface area contributed by atoms with Gasteiger partial charge in [-0.3, -0.25) is 0 Å². The van der Waals surface area contributed by atoms with Crippen LogP contribution in [0.4, 0.5) is 11.8 Å². The van der Waals surface area contributed by atoms with Crippen LogP contribution in [-0.2, 0) is 6.54 Å². The first-order chi connectivity index (χ1) is 10.3. The van der Waals surface area contributed by atoms with Crippen LogP contribution >= 0.6 is 0 Å². The molecule has 0 saturated heterocycles. The molecule has 7 nitrogen and oxygen atoms in total. The van der Waals surface area contributed by atoms with Crippen molar-refractivity contribution in [2.75, 3.05) is 30.6 Å². The number of nitrogens with zero attached hydrogens (tertiary/aromatic N) is 2. The van der Waals surface area contributed by atoms with Crippen LogP contribution in [0.1, 0.15) is 5.56 Å². The fraction of sp³-hybridized carbons (Fsp3) is 0.286. The van der Waals surface area contributed by atoms with E-state index in [1.165, 1.54) is 0 Å². The molecular formula is C14H16N4O3. The minimum Gasteiger partial charge on any atom is -0.454 e. The summed E-state index contributed by atoms with van der Waals surface area (Å²) in [6.45, 7) is 1.37. The van der Waals surface area contributed by atoms with Crippen LogP contribution in [0.25, 0.3) is 0 Å². The second kappa shape index (κ2) is 6.27. The predicted molar refractivity (Wildman–Crippen MR) is 77.5 cm³/mol. The zero-order chi connectivity index (χ0) is 14.5. The molecule has 0 spiro atoms. The highest BCUT2D eigenvalue weighted by Crippen LogP contribution is 2.32. The molecule has 1 aromatic heterocycles. The van der Waals surface area contributed by atoms with Crippen LogP contribution in [-0.4, -0.2) is 35.0 Å². The molecule has 3 N–H and O–H groups in total. The highest BCUT2D eigenvalue weighted by atomic mass is 16.7. The monoisotopic (exact) mass is 288 g/mol. The summed E-state index contributed by atoms with van der Waals surface area (Å²) in [6, 6.07) is 7.54. The largest absolute Gasteiger partial charge is 0.454 e. The maximum absolute atomic E-state index is 8.78. The van der Waals surface area contributed by atoms with E-state index in [1.54, 1.807) is 12.3 Å². The summed E-state index contributed by atoms with van der Waals surface area (Å²) < 4.78 is 10.6. The zero-order valence-electron chi connectivity index (χ0n) is 11.4. The van der Waals surface area contributed by atoms with Crippen molar-refractivity contribution in [2.45, 2.75) is 6.54 Å². The molecular weight excluding hydrogens is 272 g/mol. The van der Waals surface area contributed by atoms with Gasteiger partial charge in [0.25, 0.3) is 0 Å². The van der Waals surface area contributed by atoms with Crippen LogP contribution in [0.3, 0.4) is 0 Å². The summed E-state index contributed by atoms with van der Waals surface area (Å²) in [7, 11) is 0. The van der Waals surface area contributed by atoms with Crippen molar-refractivity contribution in [2.24, 2.45) is 0 Å². The standard InChI is InChI=1S/C14H16N4O3/c19-6-5-15-13-3-4-16-14(18-13)17-8-10-1-2-11-12(7-10)21-9-20-11/h1-4,7,19H,5-6,8-9H2,(H2,15,16,17,18). The second-order valence-corrected chi connectivity index (χ2v) is 4.46. The molecule has 0 aliphatic carbocycles. The molecule has 1 aromatic carbocycles. The van der Waals surface area contributed by atoms with Gasteiger partial charge < -0.3 is 25.2 Å². The SMILES string of the molecule is OCCNc1ccnc(NCc2ccc3c(c2)OCO3)n1. The Hall–Kier alpha value is -2.54. The molecule has 2 heterocycles. The van der Waals surface area contributed by atoms with Crippen molar-refractivity contribution in [3.05, 3.63) is 36.0 Å². The number of nitrogens with one attached hydrogen (secondary N) is 2. The van der Waals surface area contributed by atoms with Gasteiger partial charge in [-0.15, -0.1) is 0 Å². The van der Waals surface area contributed by atoms with Crippen molar-refractivity contribution < 1.29 is 14.6 Å². The number of fused-ring (bicyclic) bond motifs is 1. The maximum atomic E-state index is 8.78. The molecule has 0 fully saturated rings. The van der Waals surface area contributed by atoms with Crippen molar-refractivity contribution in [1.29, 1.82) is 0 Å². The van der Waals surface area contributed by atoms with Crippen LogP contribution in [0.2, 0.25) is 0 Å². The molecule has 21 heavy (non-hydrogen) atoms. The first-order valence-corrected chi connectivity index (χ1v) is 6.65. The lowest BCUT2D eigenvalue weighted by molar-refractivity contribution is 0.174. The maximum Gasteiger partial charge on any atom is 0.231 e. The number of hydrogen-bond acceptors (Lipinski definition) is 7. The molecule has 1 aliphatic heterocycles. The van der Waals surface area contributed by atoms with Gasteiger partial charge in [0.05, 0.1) is 6.61 Å². The minimum absolute atomic E-state index is 0.0595. The highest BCUT2D eigenvalue weighted by molar-refractivity contribution is 5.45. The van der Waals surface area contributed by atoms with Crippen LogP contribution in [0, 0.1) is 0 Å². The van der Waals surface area contributed by atoms with E-state index in [9.17, 15) is 0 Å². The number of benzene rings is 1. The Labute approximate surface area is 122 Å². The first-order valence-electron chi connectivity index (χ1n) is 6.65. The summed E-state index contributed by atoms with van der Waals surface area (Å²) in [5, 5.41) is 14.9. The van der Waals surface area contributed by atoms with Crippen LogP contribution in [0.5, 0.6) is 11.5 Å². The molecule has 0 unspecified atom stereocenters. The minimum atomic E-state index is 0.0595. The molecule has 0 amide bonds. The van der Waals surface area contributed by atoms with Gasteiger partial charge in [-0.2, -0.15) is 4.98 Å². The van der Waals surface area contributed by atoms with Crippen molar-refractivity contribution in [1.82, 2.24) is 9.97 Å². The molecule has 0 radical (unpaired) electrons. The Morgan fingerprint density at radius 1 is 1.14 bits per heavy atom. The Morgan fingerprint density at radius 3 is 2.95 bits per heavy atom. The molecule has 3 rings (SSSR count). The van der Waals surface area contributed by atoms with E-state index in [4.69, 9.17) is 14.6 Å². The molecule has 110 valence electrons. The lowest BCUT2D eigenvalue weighted by Crippen LogP contribution is -2.09. The Kier molecular flexibility index (Phi) is 4.02. The molecule has 1 aliphatic rings. The van der Waals surface area contributed by atoms with E-state index >= 15 is 0 Å². The normalized spacial score (nSPS) is 12.2. The van der Waals surface area contributed by atoms with Crippen molar-refractivity contribution >= 4 is 11.8 Å². The Balaban J connectivity index is 1.62. The van der Waals surface area contributed by atoms with Gasteiger partial charge in [-0.05, 0) is 23.8 Å². The number of rotatable bonds is 6. The van der Waals surface area contributed by atoms with E-state index in [1.807, 2.05) is 18.2 Å². The molecule has 0 bridgehead atoms. The van der Waals surface area contributed by atoms with Crippen molar-refractivity contribution in [3.63, 3.8) is 0 Å².